The van der Waals surface area contributed by atoms with Crippen LogP contribution in [-0.2, 0) is 0 Å². The second kappa shape index (κ2) is 10.2. The maximum Gasteiger partial charge on any atom is 0.165 e. The van der Waals surface area contributed by atoms with Gasteiger partial charge in [0, 0.05) is 23.8 Å². The monoisotopic (exact) mass is 419 g/mol. The Labute approximate surface area is 177 Å². The van der Waals surface area contributed by atoms with Gasteiger partial charge < -0.3 is 16.0 Å². The predicted molar refractivity (Wildman–Crippen MR) is 119 cm³/mol. The number of hydrogen-bond acceptors (Lipinski definition) is 5. The molecule has 2 aromatic rings. The third-order valence-corrected chi connectivity index (χ3v) is 5.89. The van der Waals surface area contributed by atoms with Gasteiger partial charge in [0.15, 0.2) is 11.6 Å². The maximum atomic E-state index is 13.4. The van der Waals surface area contributed by atoms with Crippen LogP contribution in [0.5, 0.6) is 0 Å². The molecule has 2 aromatic heterocycles. The first-order valence-corrected chi connectivity index (χ1v) is 11.0. The van der Waals surface area contributed by atoms with E-state index in [9.17, 15) is 4.39 Å². The van der Waals surface area contributed by atoms with Gasteiger partial charge >= 0.3 is 0 Å². The van der Waals surface area contributed by atoms with E-state index in [1.165, 1.54) is 44.8 Å². The van der Waals surface area contributed by atoms with Crippen molar-refractivity contribution in [3.05, 3.63) is 35.2 Å². The van der Waals surface area contributed by atoms with Crippen molar-refractivity contribution in [3.63, 3.8) is 0 Å². The Morgan fingerprint density at radius 2 is 1.86 bits per heavy atom. The average molecular weight is 420 g/mol. The van der Waals surface area contributed by atoms with Crippen LogP contribution in [-0.4, -0.2) is 40.0 Å². The minimum Gasteiger partial charge on any atom is -0.381 e. The highest BCUT2D eigenvalue weighted by molar-refractivity contribution is 6.33. The first-order chi connectivity index (χ1) is 14.0. The lowest BCUT2D eigenvalue weighted by Gasteiger charge is -2.37. The summed E-state index contributed by atoms with van der Waals surface area (Å²) in [5, 5.41) is 4.01. The third kappa shape index (κ3) is 5.58. The zero-order chi connectivity index (χ0) is 20.8. The number of halogens is 2. The number of anilines is 2. The van der Waals surface area contributed by atoms with Gasteiger partial charge in [-0.3, -0.25) is 0 Å². The number of rotatable bonds is 8. The number of pyridine rings is 2. The molecule has 158 valence electrons. The SMILES string of the molecule is CCCN(CCC)C1CCC(Nc2cc(-c3ccc(F)c(N)n3)c(Cl)cn2)CC1. The molecule has 0 bridgehead atoms. The molecule has 2 heterocycles. The van der Waals surface area contributed by atoms with Crippen LogP contribution in [0.2, 0.25) is 5.02 Å². The molecule has 7 heteroatoms. The molecule has 29 heavy (non-hydrogen) atoms. The second-order valence-corrected chi connectivity index (χ2v) is 8.21. The molecule has 5 nitrogen and oxygen atoms in total. The molecule has 1 aliphatic rings. The van der Waals surface area contributed by atoms with Crippen molar-refractivity contribution in [2.24, 2.45) is 0 Å². The van der Waals surface area contributed by atoms with Crippen LogP contribution >= 0.6 is 11.6 Å². The number of nitrogens with one attached hydrogen (secondary N) is 1. The zero-order valence-electron chi connectivity index (χ0n) is 17.3. The highest BCUT2D eigenvalue weighted by Gasteiger charge is 2.25. The number of hydrogen-bond donors (Lipinski definition) is 2. The fourth-order valence-electron chi connectivity index (χ4n) is 4.17. The largest absolute Gasteiger partial charge is 0.381 e. The summed E-state index contributed by atoms with van der Waals surface area (Å²) in [6, 6.07) is 5.84. The fourth-order valence-corrected chi connectivity index (χ4v) is 4.37. The number of nitrogens with zero attached hydrogens (tertiary/aromatic N) is 3. The van der Waals surface area contributed by atoms with Gasteiger partial charge in [-0.2, -0.15) is 0 Å². The molecule has 0 unspecified atom stereocenters. The Kier molecular flexibility index (Phi) is 7.67. The zero-order valence-corrected chi connectivity index (χ0v) is 18.1. The Bertz CT molecular complexity index is 802. The number of nitrogen functional groups attached to an aromatic ring is 1. The summed E-state index contributed by atoms with van der Waals surface area (Å²) in [4.78, 5) is 11.2. The lowest BCUT2D eigenvalue weighted by Crippen LogP contribution is -2.41. The third-order valence-electron chi connectivity index (χ3n) is 5.59. The summed E-state index contributed by atoms with van der Waals surface area (Å²) in [5.41, 5.74) is 6.85. The van der Waals surface area contributed by atoms with Crippen molar-refractivity contribution >= 4 is 23.2 Å². The van der Waals surface area contributed by atoms with Gasteiger partial charge in [0.2, 0.25) is 0 Å². The Morgan fingerprint density at radius 3 is 2.48 bits per heavy atom. The van der Waals surface area contributed by atoms with Crippen molar-refractivity contribution in [2.75, 3.05) is 24.1 Å². The quantitative estimate of drug-likeness (QED) is 0.602. The summed E-state index contributed by atoms with van der Waals surface area (Å²) in [5.74, 6) is 0.0951. The highest BCUT2D eigenvalue weighted by Crippen LogP contribution is 2.31. The van der Waals surface area contributed by atoms with Crippen LogP contribution in [0.1, 0.15) is 52.4 Å². The van der Waals surface area contributed by atoms with Gasteiger partial charge in [-0.25, -0.2) is 14.4 Å². The molecule has 3 rings (SSSR count). The van der Waals surface area contributed by atoms with Crippen LogP contribution in [0.3, 0.4) is 0 Å². The summed E-state index contributed by atoms with van der Waals surface area (Å²) in [6.45, 7) is 6.88. The summed E-state index contributed by atoms with van der Waals surface area (Å²) in [7, 11) is 0. The standard InChI is InChI=1S/C22H31ClFN5/c1-3-11-29(12-4-2)16-7-5-15(6-8-16)27-21-13-17(18(23)14-26-21)20-10-9-19(24)22(25)28-20/h9-10,13-16H,3-8,11-12H2,1-2H3,(H2,25,28)(H,26,27). The highest BCUT2D eigenvalue weighted by atomic mass is 35.5. The van der Waals surface area contributed by atoms with Crippen molar-refractivity contribution in [1.29, 1.82) is 0 Å². The minimum absolute atomic E-state index is 0.132. The van der Waals surface area contributed by atoms with Crippen molar-refractivity contribution in [1.82, 2.24) is 14.9 Å². The van der Waals surface area contributed by atoms with Gasteiger partial charge in [0.05, 0.1) is 10.7 Å². The molecule has 1 aliphatic carbocycles. The average Bonchev–Trinajstić information content (AvgIpc) is 2.72. The van der Waals surface area contributed by atoms with Crippen LogP contribution in [0.15, 0.2) is 24.4 Å². The predicted octanol–water partition coefficient (Wildman–Crippen LogP) is 5.36. The Balaban J connectivity index is 1.65. The van der Waals surface area contributed by atoms with E-state index in [4.69, 9.17) is 17.3 Å². The van der Waals surface area contributed by atoms with Gasteiger partial charge in [0.25, 0.3) is 0 Å². The van der Waals surface area contributed by atoms with E-state index in [1.807, 2.05) is 6.07 Å². The van der Waals surface area contributed by atoms with Gasteiger partial charge in [-0.15, -0.1) is 0 Å². The van der Waals surface area contributed by atoms with Gasteiger partial charge in [0.1, 0.15) is 5.82 Å². The number of aromatic nitrogens is 2. The van der Waals surface area contributed by atoms with Crippen LogP contribution < -0.4 is 11.1 Å². The van der Waals surface area contributed by atoms with Gasteiger partial charge in [-0.1, -0.05) is 25.4 Å². The van der Waals surface area contributed by atoms with Crippen LogP contribution in [0, 0.1) is 5.82 Å². The number of nitrogens with two attached hydrogens (primary N) is 1. The normalized spacial score (nSPS) is 19.5. The molecule has 0 aromatic carbocycles. The molecule has 0 aliphatic heterocycles. The lowest BCUT2D eigenvalue weighted by atomic mass is 9.90. The molecular formula is C22H31ClFN5. The van der Waals surface area contributed by atoms with E-state index in [-0.39, 0.29) is 5.82 Å². The van der Waals surface area contributed by atoms with Crippen LogP contribution in [0.4, 0.5) is 16.0 Å². The molecule has 0 saturated heterocycles. The molecule has 3 N–H and O–H groups in total. The van der Waals surface area contributed by atoms with E-state index in [0.29, 0.717) is 28.4 Å². The fraction of sp³-hybridized carbons (Fsp3) is 0.545. The van der Waals surface area contributed by atoms with Crippen molar-refractivity contribution in [3.8, 4) is 11.3 Å². The second-order valence-electron chi connectivity index (χ2n) is 7.80. The summed E-state index contributed by atoms with van der Waals surface area (Å²) >= 11 is 6.31. The molecule has 0 atom stereocenters. The van der Waals surface area contributed by atoms with E-state index in [2.05, 4.69) is 34.0 Å². The lowest BCUT2D eigenvalue weighted by molar-refractivity contribution is 0.152. The summed E-state index contributed by atoms with van der Waals surface area (Å²) < 4.78 is 13.4. The molecule has 1 saturated carbocycles. The van der Waals surface area contributed by atoms with Crippen LogP contribution in [0.25, 0.3) is 11.3 Å². The van der Waals surface area contributed by atoms with E-state index in [0.717, 1.165) is 18.7 Å². The first-order valence-electron chi connectivity index (χ1n) is 10.6. The molecule has 0 amide bonds. The van der Waals surface area contributed by atoms with E-state index in [1.54, 1.807) is 12.3 Å². The molecule has 1 fully saturated rings. The Hall–Kier alpha value is -1.92. The molecular weight excluding hydrogens is 389 g/mol. The minimum atomic E-state index is -0.533. The van der Waals surface area contributed by atoms with E-state index < -0.39 is 5.82 Å². The van der Waals surface area contributed by atoms with Gasteiger partial charge in [-0.05, 0) is 69.8 Å². The van der Waals surface area contributed by atoms with E-state index >= 15 is 0 Å². The smallest absolute Gasteiger partial charge is 0.165 e. The topological polar surface area (TPSA) is 67.1 Å². The maximum absolute atomic E-state index is 13.4. The van der Waals surface area contributed by atoms with Crippen molar-refractivity contribution in [2.45, 2.75) is 64.5 Å². The molecule has 0 spiro atoms. The first kappa shape index (κ1) is 21.8. The molecule has 0 radical (unpaired) electrons. The van der Waals surface area contributed by atoms with Crippen molar-refractivity contribution < 1.29 is 4.39 Å². The summed E-state index contributed by atoms with van der Waals surface area (Å²) in [6.07, 6.45) is 8.67. The Morgan fingerprint density at radius 1 is 1.17 bits per heavy atom.